The van der Waals surface area contributed by atoms with Crippen LogP contribution >= 0.6 is 0 Å². The molecule has 0 bridgehead atoms. The Bertz CT molecular complexity index is 364. The van der Waals surface area contributed by atoms with Crippen LogP contribution in [0.15, 0.2) is 11.6 Å². The average Bonchev–Trinajstić information content (AvgIpc) is 2.78. The van der Waals surface area contributed by atoms with Crippen molar-refractivity contribution in [1.29, 1.82) is 0 Å². The maximum Gasteiger partial charge on any atom is 0.332 e. The summed E-state index contributed by atoms with van der Waals surface area (Å²) in [6, 6.07) is 0. The van der Waals surface area contributed by atoms with Gasteiger partial charge in [0.05, 0.1) is 0 Å². The van der Waals surface area contributed by atoms with Gasteiger partial charge in [-0.2, -0.15) is 0 Å². The van der Waals surface area contributed by atoms with Crippen LogP contribution in [0.4, 0.5) is 0 Å². The van der Waals surface area contributed by atoms with E-state index in [2.05, 4.69) is 0 Å². The molecule has 1 N–H and O–H groups in total. The van der Waals surface area contributed by atoms with E-state index >= 15 is 0 Å². The highest BCUT2D eigenvalue weighted by Gasteiger charge is 2.36. The summed E-state index contributed by atoms with van der Waals surface area (Å²) in [6.07, 6.45) is 2.48. The van der Waals surface area contributed by atoms with Gasteiger partial charge < -0.3 is 14.7 Å². The van der Waals surface area contributed by atoms with E-state index in [4.69, 9.17) is 9.84 Å². The molecule has 0 saturated carbocycles. The van der Waals surface area contributed by atoms with Crippen LogP contribution < -0.4 is 0 Å². The van der Waals surface area contributed by atoms with Gasteiger partial charge in [0.1, 0.15) is 6.10 Å². The van der Waals surface area contributed by atoms with Crippen LogP contribution in [-0.2, 0) is 14.3 Å². The highest BCUT2D eigenvalue weighted by atomic mass is 16.5. The van der Waals surface area contributed by atoms with Crippen molar-refractivity contribution in [2.75, 3.05) is 13.1 Å². The van der Waals surface area contributed by atoms with Gasteiger partial charge in [-0.05, 0) is 26.2 Å². The number of carbonyl (C=O) groups is 2. The minimum Gasteiger partial charge on any atom is -0.479 e. The molecule has 0 radical (unpaired) electrons. The standard InChI is InChI=1S/C12H17NO4/c1-8-4-6-13(7-5-8)11(14)9-2-3-10(17-9)12(15)16/h4,9-10H,2-3,5-7H2,1H3,(H,15,16). The summed E-state index contributed by atoms with van der Waals surface area (Å²) in [7, 11) is 0. The van der Waals surface area contributed by atoms with Gasteiger partial charge in [-0.1, -0.05) is 11.6 Å². The zero-order chi connectivity index (χ0) is 12.4. The fourth-order valence-corrected chi connectivity index (χ4v) is 2.17. The number of carboxylic acids is 1. The van der Waals surface area contributed by atoms with Crippen molar-refractivity contribution in [2.45, 2.75) is 38.4 Å². The third-order valence-corrected chi connectivity index (χ3v) is 3.32. The molecule has 17 heavy (non-hydrogen) atoms. The monoisotopic (exact) mass is 239 g/mol. The zero-order valence-corrected chi connectivity index (χ0v) is 9.89. The van der Waals surface area contributed by atoms with Crippen LogP contribution in [0.2, 0.25) is 0 Å². The van der Waals surface area contributed by atoms with Crippen molar-refractivity contribution in [3.63, 3.8) is 0 Å². The lowest BCUT2D eigenvalue weighted by atomic mass is 10.1. The minimum absolute atomic E-state index is 0.0718. The Morgan fingerprint density at radius 1 is 1.41 bits per heavy atom. The maximum atomic E-state index is 12.1. The van der Waals surface area contributed by atoms with E-state index in [0.717, 1.165) is 6.42 Å². The highest BCUT2D eigenvalue weighted by molar-refractivity contribution is 5.83. The van der Waals surface area contributed by atoms with E-state index in [1.165, 1.54) is 5.57 Å². The third kappa shape index (κ3) is 2.66. The van der Waals surface area contributed by atoms with Crippen LogP contribution in [0.25, 0.3) is 0 Å². The number of amides is 1. The second kappa shape index (κ2) is 4.87. The second-order valence-corrected chi connectivity index (χ2v) is 4.61. The van der Waals surface area contributed by atoms with E-state index in [1.807, 2.05) is 13.0 Å². The topological polar surface area (TPSA) is 66.8 Å². The summed E-state index contributed by atoms with van der Waals surface area (Å²) >= 11 is 0. The molecule has 0 aromatic heterocycles. The summed E-state index contributed by atoms with van der Waals surface area (Å²) in [5, 5.41) is 8.80. The SMILES string of the molecule is CC1=CCN(C(=O)C2CCC(C(=O)O)O2)CC1. The molecule has 0 spiro atoms. The maximum absolute atomic E-state index is 12.1. The van der Waals surface area contributed by atoms with E-state index in [-0.39, 0.29) is 5.91 Å². The normalized spacial score (nSPS) is 29.0. The Balaban J connectivity index is 1.91. The first-order chi connectivity index (χ1) is 8.08. The van der Waals surface area contributed by atoms with Gasteiger partial charge in [0.25, 0.3) is 5.91 Å². The Hall–Kier alpha value is -1.36. The number of hydrogen-bond donors (Lipinski definition) is 1. The van der Waals surface area contributed by atoms with Crippen molar-refractivity contribution in [3.8, 4) is 0 Å². The Labute approximate surface area is 100 Å². The molecule has 0 aromatic rings. The summed E-state index contributed by atoms with van der Waals surface area (Å²) in [6.45, 7) is 3.37. The lowest BCUT2D eigenvalue weighted by molar-refractivity contribution is -0.154. The van der Waals surface area contributed by atoms with Gasteiger partial charge in [-0.3, -0.25) is 4.79 Å². The quantitative estimate of drug-likeness (QED) is 0.724. The molecular weight excluding hydrogens is 222 g/mol. The first-order valence-corrected chi connectivity index (χ1v) is 5.90. The Morgan fingerprint density at radius 2 is 2.12 bits per heavy atom. The largest absolute Gasteiger partial charge is 0.479 e. The molecule has 94 valence electrons. The molecule has 2 aliphatic rings. The smallest absolute Gasteiger partial charge is 0.332 e. The van der Waals surface area contributed by atoms with Crippen LogP contribution in [0.5, 0.6) is 0 Å². The van der Waals surface area contributed by atoms with E-state index in [9.17, 15) is 9.59 Å². The predicted octanol–water partition coefficient (Wildman–Crippen LogP) is 0.797. The van der Waals surface area contributed by atoms with Gasteiger partial charge in [-0.15, -0.1) is 0 Å². The molecule has 5 heteroatoms. The summed E-state index contributed by atoms with van der Waals surface area (Å²) in [5.74, 6) is -1.05. The number of hydrogen-bond acceptors (Lipinski definition) is 3. The molecule has 2 atom stereocenters. The van der Waals surface area contributed by atoms with Gasteiger partial charge in [0.2, 0.25) is 0 Å². The van der Waals surface area contributed by atoms with Crippen LogP contribution in [0.1, 0.15) is 26.2 Å². The van der Waals surface area contributed by atoms with Crippen molar-refractivity contribution in [3.05, 3.63) is 11.6 Å². The van der Waals surface area contributed by atoms with Crippen molar-refractivity contribution >= 4 is 11.9 Å². The Morgan fingerprint density at radius 3 is 2.65 bits per heavy atom. The molecule has 5 nitrogen and oxygen atoms in total. The third-order valence-electron chi connectivity index (χ3n) is 3.32. The van der Waals surface area contributed by atoms with Crippen LogP contribution in [0, 0.1) is 0 Å². The molecule has 2 unspecified atom stereocenters. The molecule has 1 saturated heterocycles. The fourth-order valence-electron chi connectivity index (χ4n) is 2.17. The number of aliphatic carboxylic acids is 1. The number of rotatable bonds is 2. The van der Waals surface area contributed by atoms with Crippen LogP contribution in [0.3, 0.4) is 0 Å². The minimum atomic E-state index is -0.977. The molecule has 2 aliphatic heterocycles. The second-order valence-electron chi connectivity index (χ2n) is 4.61. The molecule has 1 amide bonds. The first-order valence-electron chi connectivity index (χ1n) is 5.90. The fraction of sp³-hybridized carbons (Fsp3) is 0.667. The van der Waals surface area contributed by atoms with E-state index in [1.54, 1.807) is 4.90 Å². The van der Waals surface area contributed by atoms with Crippen LogP contribution in [-0.4, -0.2) is 47.2 Å². The molecule has 0 aromatic carbocycles. The van der Waals surface area contributed by atoms with Crippen molar-refractivity contribution in [1.82, 2.24) is 4.90 Å². The molecule has 0 aliphatic carbocycles. The van der Waals surface area contributed by atoms with Crippen molar-refractivity contribution in [2.24, 2.45) is 0 Å². The van der Waals surface area contributed by atoms with Gasteiger partial charge in [0.15, 0.2) is 6.10 Å². The van der Waals surface area contributed by atoms with Gasteiger partial charge >= 0.3 is 5.97 Å². The first kappa shape index (κ1) is 12.1. The van der Waals surface area contributed by atoms with E-state index < -0.39 is 18.2 Å². The summed E-state index contributed by atoms with van der Waals surface area (Å²) in [5.41, 5.74) is 1.30. The molecular formula is C12H17NO4. The highest BCUT2D eigenvalue weighted by Crippen LogP contribution is 2.22. The summed E-state index contributed by atoms with van der Waals surface area (Å²) < 4.78 is 5.25. The molecule has 2 rings (SSSR count). The lowest BCUT2D eigenvalue weighted by Gasteiger charge is -2.27. The summed E-state index contributed by atoms with van der Waals surface area (Å²) in [4.78, 5) is 24.5. The Kier molecular flexibility index (Phi) is 3.47. The number of carbonyl (C=O) groups excluding carboxylic acids is 1. The van der Waals surface area contributed by atoms with E-state index in [0.29, 0.717) is 25.9 Å². The molecule has 2 heterocycles. The lowest BCUT2D eigenvalue weighted by Crippen LogP contribution is -2.41. The zero-order valence-electron chi connectivity index (χ0n) is 9.89. The number of ether oxygens (including phenoxy) is 1. The predicted molar refractivity (Wildman–Crippen MR) is 60.5 cm³/mol. The van der Waals surface area contributed by atoms with Gasteiger partial charge in [0, 0.05) is 13.1 Å². The van der Waals surface area contributed by atoms with Crippen molar-refractivity contribution < 1.29 is 19.4 Å². The molecule has 1 fully saturated rings. The average molecular weight is 239 g/mol. The van der Waals surface area contributed by atoms with Gasteiger partial charge in [-0.25, -0.2) is 4.79 Å². The number of nitrogens with zero attached hydrogens (tertiary/aromatic N) is 1. The number of carboxylic acid groups (broad SMARTS) is 1.